The molecular weight excluding hydrogens is 480 g/mol. The summed E-state index contributed by atoms with van der Waals surface area (Å²) in [4.78, 5) is 15.7. The smallest absolute Gasteiger partial charge is 0.248 e. The van der Waals surface area contributed by atoms with Crippen molar-refractivity contribution in [2.45, 2.75) is 115 Å². The van der Waals surface area contributed by atoms with E-state index in [0.29, 0.717) is 24.0 Å². The average molecular weight is 520 g/mol. The number of amides is 1. The van der Waals surface area contributed by atoms with Gasteiger partial charge in [0.2, 0.25) is 11.8 Å². The number of aryl methyl sites for hydroxylation is 1. The summed E-state index contributed by atoms with van der Waals surface area (Å²) >= 11 is 1.63. The molecule has 2 saturated heterocycles. The Kier molecular flexibility index (Phi) is 7.50. The van der Waals surface area contributed by atoms with Crippen molar-refractivity contribution in [2.24, 2.45) is 5.92 Å². The van der Waals surface area contributed by atoms with Gasteiger partial charge in [-0.15, -0.1) is 10.2 Å². The van der Waals surface area contributed by atoms with Crippen molar-refractivity contribution < 1.29 is 13.6 Å². The Morgan fingerprint density at radius 3 is 2.44 bits per heavy atom. The highest BCUT2D eigenvalue weighted by molar-refractivity contribution is 7.08. The molecule has 5 rings (SSSR count). The van der Waals surface area contributed by atoms with Crippen LogP contribution < -0.4 is 5.32 Å². The summed E-state index contributed by atoms with van der Waals surface area (Å²) in [6.45, 7) is 7.36. The van der Waals surface area contributed by atoms with Gasteiger partial charge in [0, 0.05) is 49.3 Å². The van der Waals surface area contributed by atoms with E-state index in [1.807, 2.05) is 5.38 Å². The maximum absolute atomic E-state index is 13.6. The summed E-state index contributed by atoms with van der Waals surface area (Å²) in [5, 5.41) is 16.2. The molecule has 2 unspecified atom stereocenters. The Morgan fingerprint density at radius 2 is 1.83 bits per heavy atom. The molecule has 4 heterocycles. The highest BCUT2D eigenvalue weighted by Gasteiger charge is 2.42. The van der Waals surface area contributed by atoms with Gasteiger partial charge >= 0.3 is 0 Å². The zero-order valence-corrected chi connectivity index (χ0v) is 22.4. The number of nitrogens with one attached hydrogen (secondary N) is 1. The predicted octanol–water partition coefficient (Wildman–Crippen LogP) is 6.01. The summed E-state index contributed by atoms with van der Waals surface area (Å²) in [6.07, 6.45) is 5.67. The Hall–Kier alpha value is -1.87. The van der Waals surface area contributed by atoms with E-state index < -0.39 is 5.92 Å². The van der Waals surface area contributed by atoms with Crippen molar-refractivity contribution in [1.82, 2.24) is 25.0 Å². The maximum atomic E-state index is 13.6. The molecular formula is C27H39F2N5OS. The molecule has 1 aliphatic carbocycles. The first-order valence-electron chi connectivity index (χ1n) is 13.6. The summed E-state index contributed by atoms with van der Waals surface area (Å²) in [7, 11) is 0. The minimum Gasteiger partial charge on any atom is -0.349 e. The molecule has 198 valence electrons. The number of carbonyl (C=O) groups excluding carboxylic acids is 1. The number of piperidine rings is 1. The van der Waals surface area contributed by atoms with E-state index in [1.54, 1.807) is 11.3 Å². The first kappa shape index (κ1) is 25.8. The number of fused-ring (bicyclic) bond motifs is 2. The molecule has 0 radical (unpaired) electrons. The van der Waals surface area contributed by atoms with Crippen molar-refractivity contribution in [3.63, 3.8) is 0 Å². The number of aromatic nitrogens is 3. The molecule has 4 atom stereocenters. The minimum atomic E-state index is -2.61. The second-order valence-electron chi connectivity index (χ2n) is 11.4. The Morgan fingerprint density at radius 1 is 1.14 bits per heavy atom. The molecule has 2 aromatic rings. The van der Waals surface area contributed by atoms with Gasteiger partial charge in [-0.05, 0) is 74.3 Å². The lowest BCUT2D eigenvalue weighted by atomic mass is 9.86. The third-order valence-corrected chi connectivity index (χ3v) is 9.36. The molecule has 3 fully saturated rings. The fourth-order valence-corrected chi connectivity index (χ4v) is 7.43. The normalized spacial score (nSPS) is 27.4. The summed E-state index contributed by atoms with van der Waals surface area (Å²) in [5.74, 6) is -0.529. The number of alkyl halides is 2. The molecule has 2 bridgehead atoms. The van der Waals surface area contributed by atoms with Gasteiger partial charge in [-0.2, -0.15) is 11.3 Å². The molecule has 2 aromatic heterocycles. The van der Waals surface area contributed by atoms with E-state index in [1.165, 1.54) is 12.8 Å². The van der Waals surface area contributed by atoms with Crippen LogP contribution in [0.3, 0.4) is 0 Å². The molecule has 1 N–H and O–H groups in total. The van der Waals surface area contributed by atoms with Gasteiger partial charge in [-0.3, -0.25) is 9.69 Å². The van der Waals surface area contributed by atoms with Crippen LogP contribution >= 0.6 is 11.3 Å². The summed E-state index contributed by atoms with van der Waals surface area (Å²) in [6, 6.07) is 3.53. The lowest BCUT2D eigenvalue weighted by molar-refractivity contribution is -0.130. The topological polar surface area (TPSA) is 63.1 Å². The second-order valence-corrected chi connectivity index (χ2v) is 12.2. The van der Waals surface area contributed by atoms with Crippen molar-refractivity contribution in [3.8, 4) is 0 Å². The molecule has 6 nitrogen and oxygen atoms in total. The quantitative estimate of drug-likeness (QED) is 0.464. The minimum absolute atomic E-state index is 0.0623. The monoisotopic (exact) mass is 519 g/mol. The van der Waals surface area contributed by atoms with E-state index in [4.69, 9.17) is 0 Å². The van der Waals surface area contributed by atoms with Crippen molar-refractivity contribution in [3.05, 3.63) is 34.0 Å². The van der Waals surface area contributed by atoms with E-state index in [0.717, 1.165) is 43.0 Å². The first-order chi connectivity index (χ1) is 17.2. The van der Waals surface area contributed by atoms with Crippen molar-refractivity contribution >= 4 is 17.2 Å². The van der Waals surface area contributed by atoms with Gasteiger partial charge in [0.25, 0.3) is 0 Å². The first-order valence-corrected chi connectivity index (χ1v) is 14.5. The number of rotatable bonds is 8. The Labute approximate surface area is 216 Å². The van der Waals surface area contributed by atoms with Crippen LogP contribution in [0.2, 0.25) is 0 Å². The average Bonchev–Trinajstić information content (AvgIpc) is 3.55. The van der Waals surface area contributed by atoms with Crippen LogP contribution in [0.4, 0.5) is 8.78 Å². The molecule has 1 amide bonds. The number of nitrogens with zero attached hydrogens (tertiary/aromatic N) is 4. The van der Waals surface area contributed by atoms with Gasteiger partial charge in [0.1, 0.15) is 11.6 Å². The second kappa shape index (κ2) is 10.5. The van der Waals surface area contributed by atoms with Crippen LogP contribution in [0, 0.1) is 12.8 Å². The molecule has 0 aromatic carbocycles. The molecule has 3 aliphatic rings. The van der Waals surface area contributed by atoms with E-state index in [2.05, 4.69) is 57.2 Å². The standard InChI is InChI=1S/C27H39F2N5OS/c1-17(2)25-32-31-18(3)34(25)23-14-21-4-5-22(15-23)33(21)12-8-24(20-9-13-36-16-20)30-26(35)19-6-10-27(28,29)11-7-19/h9,13,16-17,19,21-24H,4-8,10-12,14-15H2,1-3H3,(H,30,35)/t21-,22+,23?,24?. The van der Waals surface area contributed by atoms with Gasteiger partial charge < -0.3 is 9.88 Å². The maximum Gasteiger partial charge on any atom is 0.248 e. The summed E-state index contributed by atoms with van der Waals surface area (Å²) < 4.78 is 29.6. The lowest BCUT2D eigenvalue weighted by Gasteiger charge is -2.40. The molecule has 9 heteroatoms. The van der Waals surface area contributed by atoms with E-state index in [9.17, 15) is 13.6 Å². The van der Waals surface area contributed by atoms with Crippen molar-refractivity contribution in [1.29, 1.82) is 0 Å². The third-order valence-electron chi connectivity index (χ3n) is 8.66. The largest absolute Gasteiger partial charge is 0.349 e. The SMILES string of the molecule is Cc1nnc(C(C)C)n1C1C[C@H]2CC[C@@H](C1)N2CCC(NC(=O)C1CCC(F)(F)CC1)c1ccsc1. The number of thiophene rings is 1. The van der Waals surface area contributed by atoms with Crippen LogP contribution in [-0.2, 0) is 4.79 Å². The molecule has 1 saturated carbocycles. The molecule has 2 aliphatic heterocycles. The van der Waals surface area contributed by atoms with E-state index >= 15 is 0 Å². The zero-order valence-electron chi connectivity index (χ0n) is 21.6. The van der Waals surface area contributed by atoms with Crippen LogP contribution in [0.15, 0.2) is 16.8 Å². The van der Waals surface area contributed by atoms with Crippen LogP contribution in [0.25, 0.3) is 0 Å². The fraction of sp³-hybridized carbons (Fsp3) is 0.741. The lowest BCUT2D eigenvalue weighted by Crippen LogP contribution is -2.45. The fourth-order valence-electron chi connectivity index (χ4n) is 6.72. The molecule has 36 heavy (non-hydrogen) atoms. The Balaban J connectivity index is 1.22. The summed E-state index contributed by atoms with van der Waals surface area (Å²) in [5.41, 5.74) is 1.12. The number of hydrogen-bond donors (Lipinski definition) is 1. The number of carbonyl (C=O) groups is 1. The van der Waals surface area contributed by atoms with Gasteiger partial charge in [0.15, 0.2) is 0 Å². The molecule has 0 spiro atoms. The van der Waals surface area contributed by atoms with E-state index in [-0.39, 0.29) is 43.6 Å². The van der Waals surface area contributed by atoms with Crippen LogP contribution in [0.1, 0.15) is 107 Å². The van der Waals surface area contributed by atoms with Crippen molar-refractivity contribution in [2.75, 3.05) is 6.54 Å². The number of hydrogen-bond acceptors (Lipinski definition) is 5. The number of halogens is 2. The highest BCUT2D eigenvalue weighted by Crippen LogP contribution is 2.42. The van der Waals surface area contributed by atoms with Gasteiger partial charge in [-0.1, -0.05) is 13.8 Å². The van der Waals surface area contributed by atoms with Crippen LogP contribution in [0.5, 0.6) is 0 Å². The Bertz CT molecular complexity index is 1020. The van der Waals surface area contributed by atoms with Crippen LogP contribution in [-0.4, -0.2) is 50.1 Å². The predicted molar refractivity (Wildman–Crippen MR) is 137 cm³/mol. The van der Waals surface area contributed by atoms with Gasteiger partial charge in [-0.25, -0.2) is 8.78 Å². The van der Waals surface area contributed by atoms with Gasteiger partial charge in [0.05, 0.1) is 6.04 Å². The highest BCUT2D eigenvalue weighted by atomic mass is 32.1. The zero-order chi connectivity index (χ0) is 25.4. The third kappa shape index (κ3) is 5.37.